The molecule has 0 bridgehead atoms. The van der Waals surface area contributed by atoms with Gasteiger partial charge in [0.2, 0.25) is 0 Å². The topological polar surface area (TPSA) is 80.9 Å². The number of carbonyl (C=O) groups is 1. The van der Waals surface area contributed by atoms with E-state index in [1.165, 1.54) is 0 Å². The van der Waals surface area contributed by atoms with E-state index in [9.17, 15) is 4.79 Å². The first-order chi connectivity index (χ1) is 8.68. The molecular formula is C12H11ClN4O. The fourth-order valence-electron chi connectivity index (χ4n) is 1.43. The number of nitrogens with zero attached hydrogens (tertiary/aromatic N) is 2. The van der Waals surface area contributed by atoms with Crippen molar-refractivity contribution in [1.29, 1.82) is 0 Å². The Morgan fingerprint density at radius 1 is 1.33 bits per heavy atom. The van der Waals surface area contributed by atoms with Gasteiger partial charge in [-0.15, -0.1) is 0 Å². The van der Waals surface area contributed by atoms with Crippen LogP contribution in [0.4, 0.5) is 5.69 Å². The van der Waals surface area contributed by atoms with Crippen molar-refractivity contribution < 1.29 is 4.79 Å². The fourth-order valence-corrected chi connectivity index (χ4v) is 1.60. The third-order valence-corrected chi connectivity index (χ3v) is 2.68. The maximum atomic E-state index is 11.9. The number of carbonyl (C=O) groups excluding carboxylic acids is 1. The number of hydrogen-bond acceptors (Lipinski definition) is 4. The normalized spacial score (nSPS) is 10.1. The number of halogens is 1. The van der Waals surface area contributed by atoms with Crippen molar-refractivity contribution in [3.8, 4) is 0 Å². The number of nitrogen functional groups attached to an aromatic ring is 1. The molecule has 18 heavy (non-hydrogen) atoms. The van der Waals surface area contributed by atoms with Crippen LogP contribution in [0.3, 0.4) is 0 Å². The zero-order valence-corrected chi connectivity index (χ0v) is 10.2. The van der Waals surface area contributed by atoms with Crippen LogP contribution in [0.5, 0.6) is 0 Å². The highest BCUT2D eigenvalue weighted by atomic mass is 35.5. The number of para-hydroxylation sites is 1. The van der Waals surface area contributed by atoms with Crippen molar-refractivity contribution in [3.05, 3.63) is 52.8 Å². The first-order valence-electron chi connectivity index (χ1n) is 5.27. The van der Waals surface area contributed by atoms with Gasteiger partial charge in [-0.05, 0) is 24.3 Å². The van der Waals surface area contributed by atoms with Crippen molar-refractivity contribution in [2.24, 2.45) is 0 Å². The molecule has 0 saturated heterocycles. The molecule has 6 heteroatoms. The molecule has 0 spiro atoms. The molecule has 0 aliphatic rings. The number of hydrogen-bond donors (Lipinski definition) is 2. The van der Waals surface area contributed by atoms with Gasteiger partial charge in [-0.25, -0.2) is 0 Å². The first kappa shape index (κ1) is 12.3. The van der Waals surface area contributed by atoms with Crippen LogP contribution in [0.2, 0.25) is 5.02 Å². The lowest BCUT2D eigenvalue weighted by atomic mass is 10.1. The molecule has 0 saturated carbocycles. The molecule has 1 amide bonds. The summed E-state index contributed by atoms with van der Waals surface area (Å²) in [5.74, 6) is -0.291. The summed E-state index contributed by atoms with van der Waals surface area (Å²) in [6.45, 7) is 0.290. The van der Waals surface area contributed by atoms with Gasteiger partial charge in [0.25, 0.3) is 5.91 Å². The number of rotatable bonds is 3. The lowest BCUT2D eigenvalue weighted by Gasteiger charge is -2.07. The number of benzene rings is 1. The number of nitrogens with one attached hydrogen (secondary N) is 1. The molecule has 1 aromatic heterocycles. The molecule has 0 fully saturated rings. The van der Waals surface area contributed by atoms with Crippen molar-refractivity contribution in [2.45, 2.75) is 6.54 Å². The molecular weight excluding hydrogens is 252 g/mol. The van der Waals surface area contributed by atoms with Crippen molar-refractivity contribution >= 4 is 23.2 Å². The Hall–Kier alpha value is -2.14. The Balaban J connectivity index is 2.07. The third kappa shape index (κ3) is 2.75. The summed E-state index contributed by atoms with van der Waals surface area (Å²) >= 11 is 5.85. The first-order valence-corrected chi connectivity index (χ1v) is 5.65. The maximum Gasteiger partial charge on any atom is 0.253 e. The Morgan fingerprint density at radius 3 is 2.89 bits per heavy atom. The van der Waals surface area contributed by atoms with E-state index in [0.29, 0.717) is 22.8 Å². The molecule has 1 aromatic carbocycles. The van der Waals surface area contributed by atoms with Gasteiger partial charge < -0.3 is 11.1 Å². The van der Waals surface area contributed by atoms with E-state index in [4.69, 9.17) is 17.3 Å². The van der Waals surface area contributed by atoms with E-state index < -0.39 is 0 Å². The van der Waals surface area contributed by atoms with Crippen LogP contribution in [-0.2, 0) is 6.54 Å². The van der Waals surface area contributed by atoms with Gasteiger partial charge in [0.05, 0.1) is 28.5 Å². The molecule has 2 aromatic rings. The average Bonchev–Trinajstić information content (AvgIpc) is 2.40. The molecule has 0 aliphatic carbocycles. The van der Waals surface area contributed by atoms with Crippen LogP contribution in [0.25, 0.3) is 0 Å². The summed E-state index contributed by atoms with van der Waals surface area (Å²) in [6.07, 6.45) is 1.57. The van der Waals surface area contributed by atoms with E-state index in [0.717, 1.165) is 0 Å². The highest BCUT2D eigenvalue weighted by Gasteiger charge is 2.11. The predicted molar refractivity (Wildman–Crippen MR) is 69.1 cm³/mol. The van der Waals surface area contributed by atoms with Gasteiger partial charge in [0, 0.05) is 6.20 Å². The average molecular weight is 263 g/mol. The van der Waals surface area contributed by atoms with E-state index >= 15 is 0 Å². The Bertz CT molecular complexity index is 559. The molecule has 1 heterocycles. The second kappa shape index (κ2) is 5.46. The summed E-state index contributed by atoms with van der Waals surface area (Å²) < 4.78 is 0. The SMILES string of the molecule is Nc1c(Cl)cccc1C(=O)NCc1cccnn1. The molecule has 0 atom stereocenters. The highest BCUT2D eigenvalue weighted by Crippen LogP contribution is 2.22. The number of nitrogens with two attached hydrogens (primary N) is 1. The number of amides is 1. The summed E-state index contributed by atoms with van der Waals surface area (Å²) in [6, 6.07) is 8.45. The number of aromatic nitrogens is 2. The van der Waals surface area contributed by atoms with Crippen LogP contribution in [-0.4, -0.2) is 16.1 Å². The van der Waals surface area contributed by atoms with Crippen molar-refractivity contribution in [2.75, 3.05) is 5.73 Å². The highest BCUT2D eigenvalue weighted by molar-refractivity contribution is 6.33. The quantitative estimate of drug-likeness (QED) is 0.824. The summed E-state index contributed by atoms with van der Waals surface area (Å²) in [5.41, 5.74) is 7.03. The smallest absolute Gasteiger partial charge is 0.253 e. The van der Waals surface area contributed by atoms with Gasteiger partial charge in [-0.3, -0.25) is 4.79 Å². The summed E-state index contributed by atoms with van der Waals surface area (Å²) in [7, 11) is 0. The van der Waals surface area contributed by atoms with Gasteiger partial charge >= 0.3 is 0 Å². The zero-order chi connectivity index (χ0) is 13.0. The number of anilines is 1. The largest absolute Gasteiger partial charge is 0.397 e. The summed E-state index contributed by atoms with van der Waals surface area (Å²) in [4.78, 5) is 11.9. The van der Waals surface area contributed by atoms with Gasteiger partial charge in [0.15, 0.2) is 0 Å². The van der Waals surface area contributed by atoms with Gasteiger partial charge in [-0.1, -0.05) is 17.7 Å². The monoisotopic (exact) mass is 262 g/mol. The molecule has 3 N–H and O–H groups in total. The zero-order valence-electron chi connectivity index (χ0n) is 9.43. The van der Waals surface area contributed by atoms with Crippen molar-refractivity contribution in [1.82, 2.24) is 15.5 Å². The molecule has 0 unspecified atom stereocenters. The van der Waals surface area contributed by atoms with Crippen LogP contribution >= 0.6 is 11.6 Å². The molecule has 92 valence electrons. The lowest BCUT2D eigenvalue weighted by molar-refractivity contribution is 0.0951. The predicted octanol–water partition coefficient (Wildman–Crippen LogP) is 1.64. The standard InChI is InChI=1S/C12H11ClN4O/c13-10-5-1-4-9(11(10)14)12(18)15-7-8-3-2-6-16-17-8/h1-6H,7,14H2,(H,15,18). The molecule has 0 radical (unpaired) electrons. The molecule has 0 aliphatic heterocycles. The van der Waals surface area contributed by atoms with E-state index in [2.05, 4.69) is 15.5 Å². The van der Waals surface area contributed by atoms with E-state index in [1.54, 1.807) is 36.5 Å². The minimum Gasteiger partial charge on any atom is -0.397 e. The Morgan fingerprint density at radius 2 is 2.17 bits per heavy atom. The van der Waals surface area contributed by atoms with Gasteiger partial charge in [-0.2, -0.15) is 10.2 Å². The molecule has 2 rings (SSSR count). The van der Waals surface area contributed by atoms with Crippen molar-refractivity contribution in [3.63, 3.8) is 0 Å². The lowest BCUT2D eigenvalue weighted by Crippen LogP contribution is -2.24. The molecule has 5 nitrogen and oxygen atoms in total. The minimum absolute atomic E-state index is 0.274. The Kier molecular flexibility index (Phi) is 3.74. The minimum atomic E-state index is -0.291. The van der Waals surface area contributed by atoms with Crippen LogP contribution in [0.15, 0.2) is 36.5 Å². The fraction of sp³-hybridized carbons (Fsp3) is 0.0833. The maximum absolute atomic E-state index is 11.9. The van der Waals surface area contributed by atoms with Crippen LogP contribution in [0, 0.1) is 0 Å². The third-order valence-electron chi connectivity index (χ3n) is 2.36. The Labute approximate surface area is 109 Å². The van der Waals surface area contributed by atoms with Crippen LogP contribution in [0.1, 0.15) is 16.1 Å². The van der Waals surface area contributed by atoms with E-state index in [-0.39, 0.29) is 11.6 Å². The van der Waals surface area contributed by atoms with Gasteiger partial charge in [0.1, 0.15) is 0 Å². The second-order valence-corrected chi connectivity index (χ2v) is 4.01. The second-order valence-electron chi connectivity index (χ2n) is 3.60. The van der Waals surface area contributed by atoms with E-state index in [1.807, 2.05) is 0 Å². The summed E-state index contributed by atoms with van der Waals surface area (Å²) in [5, 5.41) is 10.6. The van der Waals surface area contributed by atoms with Crippen LogP contribution < -0.4 is 11.1 Å².